The van der Waals surface area contributed by atoms with Crippen LogP contribution in [0.15, 0.2) is 30.5 Å². The summed E-state index contributed by atoms with van der Waals surface area (Å²) in [5.41, 5.74) is 1.91. The zero-order valence-electron chi connectivity index (χ0n) is 15.1. The zero-order chi connectivity index (χ0) is 19.4. The van der Waals surface area contributed by atoms with Gasteiger partial charge in [0.25, 0.3) is 0 Å². The maximum Gasteiger partial charge on any atom is 0.306 e. The molecule has 1 aliphatic heterocycles. The van der Waals surface area contributed by atoms with Crippen molar-refractivity contribution in [2.75, 3.05) is 19.7 Å². The third-order valence-corrected chi connectivity index (χ3v) is 4.63. The lowest BCUT2D eigenvalue weighted by Crippen LogP contribution is -2.54. The van der Waals surface area contributed by atoms with E-state index in [2.05, 4.69) is 10.3 Å². The van der Waals surface area contributed by atoms with Crippen LogP contribution in [0.2, 0.25) is 0 Å². The first-order chi connectivity index (χ1) is 12.9. The van der Waals surface area contributed by atoms with Gasteiger partial charge in [-0.2, -0.15) is 0 Å². The maximum absolute atomic E-state index is 13.0. The van der Waals surface area contributed by atoms with Gasteiger partial charge in [-0.25, -0.2) is 0 Å². The Hall–Kier alpha value is -2.87. The van der Waals surface area contributed by atoms with Crippen LogP contribution < -0.4 is 5.32 Å². The summed E-state index contributed by atoms with van der Waals surface area (Å²) in [6, 6.07) is 7.05. The second kappa shape index (κ2) is 8.22. The van der Waals surface area contributed by atoms with Crippen LogP contribution in [0, 0.1) is 0 Å². The summed E-state index contributed by atoms with van der Waals surface area (Å²) < 4.78 is 5.43. The first-order valence-electron chi connectivity index (χ1n) is 8.88. The number of fused-ring (bicyclic) bond motifs is 1. The van der Waals surface area contributed by atoms with Gasteiger partial charge < -0.3 is 25.0 Å². The van der Waals surface area contributed by atoms with E-state index in [1.54, 1.807) is 4.90 Å². The summed E-state index contributed by atoms with van der Waals surface area (Å²) in [4.78, 5) is 40.3. The fourth-order valence-electron chi connectivity index (χ4n) is 3.42. The van der Waals surface area contributed by atoms with Crippen LogP contribution in [0.5, 0.6) is 0 Å². The number of aliphatic carboxylic acids is 1. The minimum atomic E-state index is -0.966. The number of nitrogens with one attached hydrogen (secondary N) is 2. The average molecular weight is 373 g/mol. The number of morpholine rings is 1. The Morgan fingerprint density at radius 1 is 1.37 bits per heavy atom. The van der Waals surface area contributed by atoms with Crippen molar-refractivity contribution in [1.29, 1.82) is 0 Å². The highest BCUT2D eigenvalue weighted by Crippen LogP contribution is 2.20. The van der Waals surface area contributed by atoms with Crippen molar-refractivity contribution in [1.82, 2.24) is 15.2 Å². The Balaban J connectivity index is 1.76. The smallest absolute Gasteiger partial charge is 0.306 e. The molecule has 2 amide bonds. The van der Waals surface area contributed by atoms with Crippen molar-refractivity contribution in [3.05, 3.63) is 36.0 Å². The number of rotatable bonds is 6. The quantitative estimate of drug-likeness (QED) is 0.697. The monoisotopic (exact) mass is 373 g/mol. The third kappa shape index (κ3) is 4.65. The van der Waals surface area contributed by atoms with Crippen LogP contribution >= 0.6 is 0 Å². The normalized spacial score (nSPS) is 18.3. The van der Waals surface area contributed by atoms with Gasteiger partial charge >= 0.3 is 5.97 Å². The largest absolute Gasteiger partial charge is 0.481 e. The molecule has 0 aliphatic carbocycles. The molecule has 3 rings (SSSR count). The number of ether oxygens (including phenoxy) is 1. The predicted octanol–water partition coefficient (Wildman–Crippen LogP) is 0.917. The second-order valence-corrected chi connectivity index (χ2v) is 6.69. The lowest BCUT2D eigenvalue weighted by Gasteiger charge is -2.34. The van der Waals surface area contributed by atoms with E-state index in [1.807, 2.05) is 30.5 Å². The molecule has 144 valence electrons. The molecule has 1 aliphatic rings. The van der Waals surface area contributed by atoms with Gasteiger partial charge in [0.15, 0.2) is 0 Å². The Morgan fingerprint density at radius 3 is 2.89 bits per heavy atom. The molecule has 0 unspecified atom stereocenters. The van der Waals surface area contributed by atoms with Crippen molar-refractivity contribution in [2.45, 2.75) is 31.9 Å². The van der Waals surface area contributed by atoms with E-state index in [-0.39, 0.29) is 31.4 Å². The molecule has 0 bridgehead atoms. The number of hydrogen-bond acceptors (Lipinski definition) is 4. The predicted molar refractivity (Wildman–Crippen MR) is 98.2 cm³/mol. The number of carbonyl (C=O) groups is 3. The van der Waals surface area contributed by atoms with E-state index < -0.39 is 18.1 Å². The van der Waals surface area contributed by atoms with Crippen molar-refractivity contribution in [2.24, 2.45) is 0 Å². The van der Waals surface area contributed by atoms with Gasteiger partial charge in [0.1, 0.15) is 6.04 Å². The van der Waals surface area contributed by atoms with Gasteiger partial charge in [0, 0.05) is 43.5 Å². The molecule has 1 fully saturated rings. The van der Waals surface area contributed by atoms with Crippen LogP contribution in [0.4, 0.5) is 0 Å². The molecule has 2 atom stereocenters. The maximum atomic E-state index is 13.0. The SMILES string of the molecule is CC(=O)N[C@H](Cc1c[nH]c2ccccc12)C(=O)N1CCO[C@H](CC(=O)O)C1. The molecule has 2 heterocycles. The minimum absolute atomic E-state index is 0.156. The molecule has 1 aromatic heterocycles. The lowest BCUT2D eigenvalue weighted by atomic mass is 10.0. The fourth-order valence-corrected chi connectivity index (χ4v) is 3.42. The molecule has 27 heavy (non-hydrogen) atoms. The van der Waals surface area contributed by atoms with E-state index in [9.17, 15) is 14.4 Å². The Labute approximate surface area is 156 Å². The molecule has 8 nitrogen and oxygen atoms in total. The van der Waals surface area contributed by atoms with E-state index in [0.717, 1.165) is 16.5 Å². The molecule has 0 radical (unpaired) electrons. The Bertz CT molecular complexity index is 847. The van der Waals surface area contributed by atoms with Crippen LogP contribution in [-0.2, 0) is 25.5 Å². The highest BCUT2D eigenvalue weighted by Gasteiger charge is 2.31. The molecular formula is C19H23N3O5. The van der Waals surface area contributed by atoms with Crippen LogP contribution in [-0.4, -0.2) is 64.6 Å². The molecule has 0 saturated carbocycles. The van der Waals surface area contributed by atoms with Gasteiger partial charge in [-0.1, -0.05) is 18.2 Å². The van der Waals surface area contributed by atoms with Crippen LogP contribution in [0.25, 0.3) is 10.9 Å². The van der Waals surface area contributed by atoms with E-state index in [0.29, 0.717) is 13.0 Å². The first-order valence-corrected chi connectivity index (χ1v) is 8.88. The number of aromatic amines is 1. The van der Waals surface area contributed by atoms with Gasteiger partial charge in [-0.3, -0.25) is 14.4 Å². The fraction of sp³-hybridized carbons (Fsp3) is 0.421. The second-order valence-electron chi connectivity index (χ2n) is 6.69. The number of carbonyl (C=O) groups excluding carboxylic acids is 2. The summed E-state index contributed by atoms with van der Waals surface area (Å²) in [5, 5.41) is 12.7. The number of benzene rings is 1. The number of carboxylic acids is 1. The molecule has 1 aromatic carbocycles. The molecule has 2 aromatic rings. The summed E-state index contributed by atoms with van der Waals surface area (Å²) in [6.45, 7) is 2.24. The Kier molecular flexibility index (Phi) is 5.75. The summed E-state index contributed by atoms with van der Waals surface area (Å²) in [7, 11) is 0. The number of nitrogens with zero attached hydrogens (tertiary/aromatic N) is 1. The van der Waals surface area contributed by atoms with Crippen molar-refractivity contribution >= 4 is 28.7 Å². The van der Waals surface area contributed by atoms with Crippen molar-refractivity contribution in [3.8, 4) is 0 Å². The summed E-state index contributed by atoms with van der Waals surface area (Å²) in [5.74, 6) is -1.48. The van der Waals surface area contributed by atoms with Gasteiger partial charge in [-0.15, -0.1) is 0 Å². The van der Waals surface area contributed by atoms with Gasteiger partial charge in [-0.05, 0) is 11.6 Å². The van der Waals surface area contributed by atoms with E-state index in [4.69, 9.17) is 9.84 Å². The highest BCUT2D eigenvalue weighted by atomic mass is 16.5. The van der Waals surface area contributed by atoms with Crippen molar-refractivity contribution in [3.63, 3.8) is 0 Å². The molecular weight excluding hydrogens is 350 g/mol. The Morgan fingerprint density at radius 2 is 2.15 bits per heavy atom. The number of amides is 2. The lowest BCUT2D eigenvalue weighted by molar-refractivity contribution is -0.149. The topological polar surface area (TPSA) is 112 Å². The number of para-hydroxylation sites is 1. The van der Waals surface area contributed by atoms with Crippen LogP contribution in [0.1, 0.15) is 18.9 Å². The number of aromatic nitrogens is 1. The summed E-state index contributed by atoms with van der Waals surface area (Å²) in [6.07, 6.45) is 1.51. The number of carboxylic acid groups (broad SMARTS) is 1. The van der Waals surface area contributed by atoms with Crippen molar-refractivity contribution < 1.29 is 24.2 Å². The molecule has 0 spiro atoms. The zero-order valence-corrected chi connectivity index (χ0v) is 15.1. The highest BCUT2D eigenvalue weighted by molar-refractivity contribution is 5.89. The number of hydrogen-bond donors (Lipinski definition) is 3. The third-order valence-electron chi connectivity index (χ3n) is 4.63. The van der Waals surface area contributed by atoms with E-state index in [1.165, 1.54) is 6.92 Å². The van der Waals surface area contributed by atoms with Crippen LogP contribution in [0.3, 0.4) is 0 Å². The number of H-pyrrole nitrogens is 1. The molecule has 1 saturated heterocycles. The van der Waals surface area contributed by atoms with Gasteiger partial charge in [0.05, 0.1) is 19.1 Å². The minimum Gasteiger partial charge on any atom is -0.481 e. The standard InChI is InChI=1S/C19H23N3O5/c1-12(23)21-17(8-13-10-20-16-5-3-2-4-15(13)16)19(26)22-6-7-27-14(11-22)9-18(24)25/h2-5,10,14,17,20H,6-9,11H2,1H3,(H,21,23)(H,24,25)/t14-,17-/m1/s1. The van der Waals surface area contributed by atoms with Gasteiger partial charge in [0.2, 0.25) is 11.8 Å². The first kappa shape index (κ1) is 18.9. The average Bonchev–Trinajstić information content (AvgIpc) is 3.03. The molecule has 8 heteroatoms. The summed E-state index contributed by atoms with van der Waals surface area (Å²) >= 11 is 0. The van der Waals surface area contributed by atoms with E-state index >= 15 is 0 Å². The molecule has 3 N–H and O–H groups in total.